The van der Waals surface area contributed by atoms with E-state index in [1.165, 1.54) is 0 Å². The number of ether oxygens (including phenoxy) is 1. The zero-order valence-corrected chi connectivity index (χ0v) is 15.0. The number of amides is 1. The van der Waals surface area contributed by atoms with Crippen LogP contribution in [-0.2, 0) is 4.74 Å². The number of nitrogens with one attached hydrogen (secondary N) is 1. The first-order chi connectivity index (χ1) is 13.0. The minimum absolute atomic E-state index is 0.120. The molecule has 0 saturated carbocycles. The van der Waals surface area contributed by atoms with Gasteiger partial charge in [0.15, 0.2) is 17.5 Å². The number of para-hydroxylation sites is 1. The molecule has 1 heterocycles. The average Bonchev–Trinajstić information content (AvgIpc) is 3.05. The molecule has 1 N–H and O–H groups in total. The number of halogens is 3. The Labute approximate surface area is 155 Å². The molecule has 7 heteroatoms. The Bertz CT molecular complexity index is 806. The van der Waals surface area contributed by atoms with E-state index >= 15 is 0 Å². The first-order valence-corrected chi connectivity index (χ1v) is 8.83. The van der Waals surface area contributed by atoms with Gasteiger partial charge in [-0.2, -0.15) is 0 Å². The fourth-order valence-corrected chi connectivity index (χ4v) is 3.33. The fourth-order valence-electron chi connectivity index (χ4n) is 3.33. The van der Waals surface area contributed by atoms with Gasteiger partial charge in [0.25, 0.3) is 0 Å². The first-order valence-electron chi connectivity index (χ1n) is 8.83. The molecule has 1 saturated heterocycles. The van der Waals surface area contributed by atoms with Crippen LogP contribution in [0.25, 0.3) is 11.1 Å². The Hall–Kier alpha value is -2.54. The van der Waals surface area contributed by atoms with E-state index in [2.05, 4.69) is 17.3 Å². The number of benzene rings is 2. The minimum Gasteiger partial charge on any atom is -0.449 e. The Morgan fingerprint density at radius 2 is 1.93 bits per heavy atom. The maximum atomic E-state index is 13.5. The van der Waals surface area contributed by atoms with Crippen LogP contribution < -0.4 is 5.32 Å². The zero-order chi connectivity index (χ0) is 19.4. The second-order valence-electron chi connectivity index (χ2n) is 6.63. The summed E-state index contributed by atoms with van der Waals surface area (Å²) in [6.45, 7) is 1.33. The summed E-state index contributed by atoms with van der Waals surface area (Å²) in [4.78, 5) is 14.3. The molecule has 0 bridgehead atoms. The van der Waals surface area contributed by atoms with Crippen LogP contribution in [0.4, 0.5) is 23.7 Å². The Morgan fingerprint density at radius 3 is 2.59 bits per heavy atom. The molecule has 0 aromatic heterocycles. The van der Waals surface area contributed by atoms with Crippen molar-refractivity contribution in [2.45, 2.75) is 25.3 Å². The van der Waals surface area contributed by atoms with E-state index in [1.54, 1.807) is 24.3 Å². The predicted molar refractivity (Wildman–Crippen MR) is 97.0 cm³/mol. The molecule has 0 spiro atoms. The number of rotatable bonds is 5. The molecule has 27 heavy (non-hydrogen) atoms. The van der Waals surface area contributed by atoms with Gasteiger partial charge in [-0.15, -0.1) is 0 Å². The highest BCUT2D eigenvalue weighted by Crippen LogP contribution is 2.30. The van der Waals surface area contributed by atoms with E-state index in [9.17, 15) is 18.0 Å². The van der Waals surface area contributed by atoms with Crippen molar-refractivity contribution < 1.29 is 22.7 Å². The van der Waals surface area contributed by atoms with Crippen LogP contribution in [0.15, 0.2) is 36.4 Å². The molecule has 2 aromatic rings. The van der Waals surface area contributed by atoms with Crippen molar-refractivity contribution in [3.63, 3.8) is 0 Å². The Morgan fingerprint density at radius 1 is 1.22 bits per heavy atom. The molecule has 1 aliphatic heterocycles. The summed E-state index contributed by atoms with van der Waals surface area (Å²) in [5, 5.41) is 2.59. The summed E-state index contributed by atoms with van der Waals surface area (Å²) in [7, 11) is 2.05. The van der Waals surface area contributed by atoms with Crippen LogP contribution in [0.1, 0.15) is 19.3 Å². The van der Waals surface area contributed by atoms with E-state index < -0.39 is 23.5 Å². The maximum absolute atomic E-state index is 13.5. The second kappa shape index (κ2) is 8.43. The summed E-state index contributed by atoms with van der Waals surface area (Å²) in [5.74, 6) is -4.10. The van der Waals surface area contributed by atoms with Crippen molar-refractivity contribution in [2.75, 3.05) is 25.5 Å². The number of hydrogen-bond donors (Lipinski definition) is 1. The van der Waals surface area contributed by atoms with E-state index in [-0.39, 0.29) is 12.2 Å². The van der Waals surface area contributed by atoms with E-state index in [0.717, 1.165) is 37.9 Å². The lowest BCUT2D eigenvalue weighted by molar-refractivity contribution is 0.147. The smallest absolute Gasteiger partial charge is 0.411 e. The van der Waals surface area contributed by atoms with Crippen molar-refractivity contribution in [2.24, 2.45) is 0 Å². The van der Waals surface area contributed by atoms with Crippen LogP contribution >= 0.6 is 0 Å². The molecule has 1 unspecified atom stereocenters. The van der Waals surface area contributed by atoms with E-state index in [4.69, 9.17) is 4.74 Å². The van der Waals surface area contributed by atoms with Gasteiger partial charge in [-0.3, -0.25) is 5.32 Å². The quantitative estimate of drug-likeness (QED) is 0.760. The van der Waals surface area contributed by atoms with Crippen molar-refractivity contribution in [3.05, 3.63) is 53.8 Å². The SMILES string of the molecule is CN1CCCC1CCOC(=O)Nc1ccccc1-c1cc(F)c(F)c(F)c1. The van der Waals surface area contributed by atoms with Gasteiger partial charge in [0, 0.05) is 11.6 Å². The number of hydrogen-bond acceptors (Lipinski definition) is 3. The third kappa shape index (κ3) is 4.60. The van der Waals surface area contributed by atoms with Crippen molar-refractivity contribution in [1.82, 2.24) is 4.90 Å². The number of likely N-dealkylation sites (tertiary alicyclic amines) is 1. The van der Waals surface area contributed by atoms with Crippen LogP contribution in [0, 0.1) is 17.5 Å². The summed E-state index contributed by atoms with van der Waals surface area (Å²) < 4.78 is 45.5. The van der Waals surface area contributed by atoms with Gasteiger partial charge in [0.05, 0.1) is 12.3 Å². The standard InChI is InChI=1S/C20H21F3N2O2/c1-25-9-4-5-14(25)8-10-27-20(26)24-18-7-3-2-6-15(18)13-11-16(21)19(23)17(22)12-13/h2-3,6-7,11-12,14H,4-5,8-10H2,1H3,(H,24,26). The van der Waals surface area contributed by atoms with Gasteiger partial charge < -0.3 is 9.64 Å². The third-order valence-electron chi connectivity index (χ3n) is 4.81. The average molecular weight is 378 g/mol. The molecular weight excluding hydrogens is 357 g/mol. The number of carbonyl (C=O) groups is 1. The summed E-state index contributed by atoms with van der Waals surface area (Å²) >= 11 is 0. The first kappa shape index (κ1) is 19.2. The highest BCUT2D eigenvalue weighted by Gasteiger charge is 2.21. The molecule has 1 atom stereocenters. The largest absolute Gasteiger partial charge is 0.449 e. The number of nitrogens with zero attached hydrogens (tertiary/aromatic N) is 1. The van der Waals surface area contributed by atoms with Gasteiger partial charge in [0.1, 0.15) is 0 Å². The summed E-state index contributed by atoms with van der Waals surface area (Å²) in [6, 6.07) is 8.68. The monoisotopic (exact) mass is 378 g/mol. The van der Waals surface area contributed by atoms with Gasteiger partial charge >= 0.3 is 6.09 Å². The Kier molecular flexibility index (Phi) is 6.01. The van der Waals surface area contributed by atoms with Gasteiger partial charge in [-0.05, 0) is 56.6 Å². The minimum atomic E-state index is -1.53. The molecule has 4 nitrogen and oxygen atoms in total. The highest BCUT2D eigenvalue weighted by molar-refractivity contribution is 5.91. The fraction of sp³-hybridized carbons (Fsp3) is 0.350. The molecule has 3 rings (SSSR count). The predicted octanol–water partition coefficient (Wildman–Crippen LogP) is 4.80. The highest BCUT2D eigenvalue weighted by atomic mass is 19.2. The molecule has 0 aliphatic carbocycles. The van der Waals surface area contributed by atoms with Crippen molar-refractivity contribution in [1.29, 1.82) is 0 Å². The van der Waals surface area contributed by atoms with Crippen LogP contribution in [0.3, 0.4) is 0 Å². The lowest BCUT2D eigenvalue weighted by Crippen LogP contribution is -2.27. The van der Waals surface area contributed by atoms with Gasteiger partial charge in [-0.25, -0.2) is 18.0 Å². The maximum Gasteiger partial charge on any atom is 0.411 e. The third-order valence-corrected chi connectivity index (χ3v) is 4.81. The van der Waals surface area contributed by atoms with E-state index in [0.29, 0.717) is 17.3 Å². The van der Waals surface area contributed by atoms with Gasteiger partial charge in [0.2, 0.25) is 0 Å². The second-order valence-corrected chi connectivity index (χ2v) is 6.63. The normalized spacial score (nSPS) is 17.1. The molecular formula is C20H21F3N2O2. The lowest BCUT2D eigenvalue weighted by atomic mass is 10.0. The van der Waals surface area contributed by atoms with Crippen LogP contribution in [0.2, 0.25) is 0 Å². The lowest BCUT2D eigenvalue weighted by Gasteiger charge is -2.19. The zero-order valence-electron chi connectivity index (χ0n) is 15.0. The Balaban J connectivity index is 1.66. The number of anilines is 1. The molecule has 144 valence electrons. The topological polar surface area (TPSA) is 41.6 Å². The molecule has 1 fully saturated rings. The molecule has 1 amide bonds. The van der Waals surface area contributed by atoms with Gasteiger partial charge in [-0.1, -0.05) is 18.2 Å². The summed E-state index contributed by atoms with van der Waals surface area (Å²) in [5.41, 5.74) is 0.809. The molecule has 2 aromatic carbocycles. The molecule has 0 radical (unpaired) electrons. The van der Waals surface area contributed by atoms with E-state index in [1.807, 2.05) is 0 Å². The molecule has 1 aliphatic rings. The summed E-state index contributed by atoms with van der Waals surface area (Å²) in [6.07, 6.45) is 2.34. The van der Waals surface area contributed by atoms with Crippen molar-refractivity contribution >= 4 is 11.8 Å². The number of carbonyl (C=O) groups excluding carboxylic acids is 1. The van der Waals surface area contributed by atoms with Crippen molar-refractivity contribution in [3.8, 4) is 11.1 Å². The van der Waals surface area contributed by atoms with Crippen LogP contribution in [0.5, 0.6) is 0 Å². The van der Waals surface area contributed by atoms with Crippen LogP contribution in [-0.4, -0.2) is 37.2 Å².